The fourth-order valence-corrected chi connectivity index (χ4v) is 2.83. The molecule has 3 atom stereocenters. The summed E-state index contributed by atoms with van der Waals surface area (Å²) in [5.41, 5.74) is 4.92. The second-order valence-electron chi connectivity index (χ2n) is 5.35. The van der Waals surface area contributed by atoms with Gasteiger partial charge in [-0.3, -0.25) is 5.84 Å². The fourth-order valence-electron chi connectivity index (χ4n) is 2.83. The number of aryl methyl sites for hydroxylation is 1. The average Bonchev–Trinajstić information content (AvgIpc) is 2.98. The van der Waals surface area contributed by atoms with E-state index in [-0.39, 0.29) is 12.1 Å². The van der Waals surface area contributed by atoms with Gasteiger partial charge < -0.3 is 9.15 Å². The first-order valence-corrected chi connectivity index (χ1v) is 6.79. The summed E-state index contributed by atoms with van der Waals surface area (Å²) in [5.74, 6) is 6.55. The third-order valence-corrected chi connectivity index (χ3v) is 3.88. The molecular weight excluding hydrogens is 240 g/mol. The Morgan fingerprint density at radius 1 is 1.37 bits per heavy atom. The molecule has 0 radical (unpaired) electrons. The standard InChI is InChI=1S/C15H20N2O2/c1-9-4-3-5-11-8-13(19-15(9)11)14(17-16)12-7-6-10(2)18-12/h3-5,8,10,12,14,17H,6-7,16H2,1-2H3. The molecule has 4 nitrogen and oxygen atoms in total. The van der Waals surface area contributed by atoms with Crippen molar-refractivity contribution in [3.63, 3.8) is 0 Å². The summed E-state index contributed by atoms with van der Waals surface area (Å²) in [4.78, 5) is 0. The maximum atomic E-state index is 5.98. The van der Waals surface area contributed by atoms with E-state index in [1.165, 1.54) is 0 Å². The van der Waals surface area contributed by atoms with Crippen LogP contribution in [0.5, 0.6) is 0 Å². The lowest BCUT2D eigenvalue weighted by atomic mass is 10.1. The van der Waals surface area contributed by atoms with Crippen LogP contribution in [0, 0.1) is 6.92 Å². The molecule has 19 heavy (non-hydrogen) atoms. The van der Waals surface area contributed by atoms with Gasteiger partial charge in [0.1, 0.15) is 17.4 Å². The zero-order chi connectivity index (χ0) is 13.4. The van der Waals surface area contributed by atoms with Gasteiger partial charge in [0.15, 0.2) is 0 Å². The van der Waals surface area contributed by atoms with Gasteiger partial charge in [0.25, 0.3) is 0 Å². The Labute approximate surface area is 112 Å². The summed E-state index contributed by atoms with van der Waals surface area (Å²) in [7, 11) is 0. The number of ether oxygens (including phenoxy) is 1. The van der Waals surface area contributed by atoms with E-state index in [0.29, 0.717) is 6.10 Å². The van der Waals surface area contributed by atoms with Crippen LogP contribution in [0.4, 0.5) is 0 Å². The van der Waals surface area contributed by atoms with Crippen molar-refractivity contribution >= 4 is 11.0 Å². The first kappa shape index (κ1) is 12.7. The van der Waals surface area contributed by atoms with E-state index < -0.39 is 0 Å². The van der Waals surface area contributed by atoms with Gasteiger partial charge in [-0.15, -0.1) is 0 Å². The smallest absolute Gasteiger partial charge is 0.137 e. The maximum Gasteiger partial charge on any atom is 0.137 e. The molecule has 1 fully saturated rings. The minimum atomic E-state index is -0.0863. The molecule has 3 rings (SSSR count). The number of hydrazine groups is 1. The lowest BCUT2D eigenvalue weighted by Crippen LogP contribution is -2.36. The molecule has 0 saturated carbocycles. The molecule has 3 N–H and O–H groups in total. The molecule has 1 saturated heterocycles. The lowest BCUT2D eigenvalue weighted by molar-refractivity contribution is 0.0271. The average molecular weight is 260 g/mol. The molecule has 2 aromatic rings. The van der Waals surface area contributed by atoms with E-state index in [0.717, 1.165) is 35.1 Å². The second kappa shape index (κ2) is 4.96. The molecule has 0 aliphatic carbocycles. The van der Waals surface area contributed by atoms with Crippen LogP contribution >= 0.6 is 0 Å². The van der Waals surface area contributed by atoms with E-state index in [4.69, 9.17) is 15.0 Å². The number of nitrogens with two attached hydrogens (primary N) is 1. The molecule has 3 unspecified atom stereocenters. The number of fused-ring (bicyclic) bond motifs is 1. The van der Waals surface area contributed by atoms with Crippen molar-refractivity contribution in [1.29, 1.82) is 0 Å². The van der Waals surface area contributed by atoms with E-state index in [1.807, 2.05) is 6.07 Å². The summed E-state index contributed by atoms with van der Waals surface area (Å²) in [5, 5.41) is 1.11. The van der Waals surface area contributed by atoms with Gasteiger partial charge in [-0.05, 0) is 38.3 Å². The van der Waals surface area contributed by atoms with E-state index >= 15 is 0 Å². The number of rotatable bonds is 3. The highest BCUT2D eigenvalue weighted by Gasteiger charge is 2.32. The predicted molar refractivity (Wildman–Crippen MR) is 74.6 cm³/mol. The summed E-state index contributed by atoms with van der Waals surface area (Å²) in [6.45, 7) is 4.14. The van der Waals surface area contributed by atoms with Crippen LogP contribution in [0.25, 0.3) is 11.0 Å². The van der Waals surface area contributed by atoms with Gasteiger partial charge >= 0.3 is 0 Å². The van der Waals surface area contributed by atoms with Crippen molar-refractivity contribution in [2.24, 2.45) is 5.84 Å². The van der Waals surface area contributed by atoms with Crippen molar-refractivity contribution < 1.29 is 9.15 Å². The van der Waals surface area contributed by atoms with E-state index in [2.05, 4.69) is 37.5 Å². The largest absolute Gasteiger partial charge is 0.459 e. The van der Waals surface area contributed by atoms with Gasteiger partial charge in [-0.2, -0.15) is 0 Å². The van der Waals surface area contributed by atoms with Crippen molar-refractivity contribution in [3.8, 4) is 0 Å². The zero-order valence-corrected chi connectivity index (χ0v) is 11.3. The molecule has 1 aromatic carbocycles. The van der Waals surface area contributed by atoms with Gasteiger partial charge in [-0.1, -0.05) is 18.2 Å². The first-order chi connectivity index (χ1) is 9.19. The molecule has 1 aliphatic rings. The van der Waals surface area contributed by atoms with E-state index in [9.17, 15) is 0 Å². The molecule has 1 aromatic heterocycles. The maximum absolute atomic E-state index is 5.98. The Kier molecular flexibility index (Phi) is 3.31. The summed E-state index contributed by atoms with van der Waals surface area (Å²) < 4.78 is 11.9. The molecule has 1 aliphatic heterocycles. The normalized spacial score (nSPS) is 25.0. The summed E-state index contributed by atoms with van der Waals surface area (Å²) in [6, 6.07) is 8.11. The monoisotopic (exact) mass is 260 g/mol. The molecule has 0 spiro atoms. The molecule has 4 heteroatoms. The van der Waals surface area contributed by atoms with E-state index in [1.54, 1.807) is 0 Å². The highest BCUT2D eigenvalue weighted by atomic mass is 16.5. The molecule has 0 bridgehead atoms. The molecule has 102 valence electrons. The van der Waals surface area contributed by atoms with Crippen molar-refractivity contribution in [3.05, 3.63) is 35.6 Å². The molecule has 2 heterocycles. The highest BCUT2D eigenvalue weighted by molar-refractivity contribution is 5.81. The third kappa shape index (κ3) is 2.27. The van der Waals surface area contributed by atoms with Gasteiger partial charge in [0, 0.05) is 5.39 Å². The predicted octanol–water partition coefficient (Wildman–Crippen LogP) is 2.81. The summed E-state index contributed by atoms with van der Waals surface area (Å²) in [6.07, 6.45) is 2.46. The number of hydrogen-bond acceptors (Lipinski definition) is 4. The fraction of sp³-hybridized carbons (Fsp3) is 0.467. The van der Waals surface area contributed by atoms with Gasteiger partial charge in [-0.25, -0.2) is 5.43 Å². The molecular formula is C15H20N2O2. The third-order valence-electron chi connectivity index (χ3n) is 3.88. The Balaban J connectivity index is 1.95. The van der Waals surface area contributed by atoms with Crippen molar-refractivity contribution in [2.45, 2.75) is 44.9 Å². The van der Waals surface area contributed by atoms with Crippen LogP contribution in [0.2, 0.25) is 0 Å². The number of para-hydroxylation sites is 1. The molecule has 0 amide bonds. The van der Waals surface area contributed by atoms with Crippen LogP contribution in [-0.2, 0) is 4.74 Å². The Morgan fingerprint density at radius 3 is 2.84 bits per heavy atom. The highest BCUT2D eigenvalue weighted by Crippen LogP contribution is 2.33. The minimum Gasteiger partial charge on any atom is -0.459 e. The quantitative estimate of drug-likeness (QED) is 0.658. The number of benzene rings is 1. The van der Waals surface area contributed by atoms with Gasteiger partial charge in [0.05, 0.1) is 12.2 Å². The Bertz CT molecular complexity index is 579. The lowest BCUT2D eigenvalue weighted by Gasteiger charge is -2.20. The van der Waals surface area contributed by atoms with Crippen LogP contribution in [0.3, 0.4) is 0 Å². The van der Waals surface area contributed by atoms with Crippen LogP contribution in [0.1, 0.15) is 37.1 Å². The number of furan rings is 1. The van der Waals surface area contributed by atoms with Crippen molar-refractivity contribution in [2.75, 3.05) is 0 Å². The topological polar surface area (TPSA) is 60.4 Å². The SMILES string of the molecule is Cc1cccc2cc(C(NN)C3CCC(C)O3)oc12. The Hall–Kier alpha value is -1.36. The van der Waals surface area contributed by atoms with Crippen LogP contribution < -0.4 is 11.3 Å². The summed E-state index contributed by atoms with van der Waals surface area (Å²) >= 11 is 0. The van der Waals surface area contributed by atoms with Gasteiger partial charge in [0.2, 0.25) is 0 Å². The minimum absolute atomic E-state index is 0.0841. The number of hydrogen-bond donors (Lipinski definition) is 2. The number of nitrogens with one attached hydrogen (secondary N) is 1. The van der Waals surface area contributed by atoms with Crippen molar-refractivity contribution in [1.82, 2.24) is 5.43 Å². The Morgan fingerprint density at radius 2 is 2.21 bits per heavy atom. The van der Waals surface area contributed by atoms with Crippen LogP contribution in [0.15, 0.2) is 28.7 Å². The van der Waals surface area contributed by atoms with Crippen LogP contribution in [-0.4, -0.2) is 12.2 Å². The zero-order valence-electron chi connectivity index (χ0n) is 11.3. The first-order valence-electron chi connectivity index (χ1n) is 6.79. The second-order valence-corrected chi connectivity index (χ2v) is 5.35.